The number of hydrogen-bond acceptors (Lipinski definition) is 4. The maximum atomic E-state index is 13.5. The predicted octanol–water partition coefficient (Wildman–Crippen LogP) is 3.51. The van der Waals surface area contributed by atoms with E-state index in [1.807, 2.05) is 19.1 Å². The van der Waals surface area contributed by atoms with E-state index >= 15 is 0 Å². The molecule has 1 aliphatic heterocycles. The van der Waals surface area contributed by atoms with Crippen LogP contribution in [0.15, 0.2) is 72.8 Å². The van der Waals surface area contributed by atoms with Gasteiger partial charge in [-0.2, -0.15) is 0 Å². The van der Waals surface area contributed by atoms with Gasteiger partial charge in [0.2, 0.25) is 5.91 Å². The smallest absolute Gasteiger partial charge is 0.320 e. The second kappa shape index (κ2) is 9.36. The topological polar surface area (TPSA) is 111 Å². The maximum Gasteiger partial charge on any atom is 0.320 e. The Balaban J connectivity index is 1.62. The molecule has 1 atom stereocenters. The van der Waals surface area contributed by atoms with E-state index in [9.17, 15) is 19.5 Å². The first kappa shape index (κ1) is 23.0. The van der Waals surface area contributed by atoms with Crippen LogP contribution >= 0.6 is 0 Å². The van der Waals surface area contributed by atoms with Gasteiger partial charge in [-0.25, -0.2) is 4.79 Å². The first-order valence-corrected chi connectivity index (χ1v) is 10.9. The largest absolute Gasteiger partial charge is 0.392 e. The Labute approximate surface area is 197 Å². The van der Waals surface area contributed by atoms with Crippen LogP contribution in [-0.2, 0) is 21.7 Å². The number of aliphatic hydroxyl groups excluding tert-OH is 1. The third kappa shape index (κ3) is 4.49. The highest BCUT2D eigenvalue weighted by Crippen LogP contribution is 2.41. The summed E-state index contributed by atoms with van der Waals surface area (Å²) in [6.07, 6.45) is -0.295. The van der Waals surface area contributed by atoms with Gasteiger partial charge in [-0.05, 0) is 42.8 Å². The number of hydrogen-bond donors (Lipinski definition) is 4. The van der Waals surface area contributed by atoms with Gasteiger partial charge in [-0.15, -0.1) is 0 Å². The average Bonchev–Trinajstić information content (AvgIpc) is 3.03. The van der Waals surface area contributed by atoms with Crippen molar-refractivity contribution in [1.82, 2.24) is 5.32 Å². The number of likely N-dealkylation sites (N-methyl/N-ethyl adjacent to an activating group) is 1. The molecule has 0 saturated carbocycles. The molecule has 3 aromatic carbocycles. The average molecular weight is 459 g/mol. The van der Waals surface area contributed by atoms with Crippen molar-refractivity contribution < 1.29 is 19.5 Å². The Bertz CT molecular complexity index is 1220. The highest BCUT2D eigenvalue weighted by Gasteiger charge is 2.52. The van der Waals surface area contributed by atoms with Gasteiger partial charge in [-0.1, -0.05) is 48.0 Å². The predicted molar refractivity (Wildman–Crippen MR) is 130 cm³/mol. The molecule has 0 saturated heterocycles. The first-order valence-electron chi connectivity index (χ1n) is 10.9. The van der Waals surface area contributed by atoms with Gasteiger partial charge in [0.05, 0.1) is 13.0 Å². The summed E-state index contributed by atoms with van der Waals surface area (Å²) in [5.41, 5.74) is 2.45. The molecule has 8 heteroatoms. The summed E-state index contributed by atoms with van der Waals surface area (Å²) in [4.78, 5) is 41.0. The van der Waals surface area contributed by atoms with Gasteiger partial charge in [-0.3, -0.25) is 9.59 Å². The van der Waals surface area contributed by atoms with Crippen LogP contribution in [0.1, 0.15) is 23.1 Å². The number of fused-ring (bicyclic) bond motifs is 1. The van der Waals surface area contributed by atoms with E-state index in [0.717, 1.165) is 5.56 Å². The van der Waals surface area contributed by atoms with Gasteiger partial charge in [0.1, 0.15) is 0 Å². The number of rotatable bonds is 6. The minimum atomic E-state index is -1.57. The van der Waals surface area contributed by atoms with Crippen LogP contribution < -0.4 is 20.9 Å². The summed E-state index contributed by atoms with van der Waals surface area (Å²) in [6, 6.07) is 20.5. The second-order valence-electron chi connectivity index (χ2n) is 8.31. The lowest BCUT2D eigenvalue weighted by Crippen LogP contribution is -2.55. The first-order chi connectivity index (χ1) is 16.3. The molecular formula is C26H26N4O4. The molecule has 174 valence electrons. The highest BCUT2D eigenvalue weighted by molar-refractivity contribution is 6.12. The van der Waals surface area contributed by atoms with E-state index < -0.39 is 23.4 Å². The number of carbonyl (C=O) groups excluding carboxylic acids is 3. The van der Waals surface area contributed by atoms with Gasteiger partial charge in [0.15, 0.2) is 5.54 Å². The van der Waals surface area contributed by atoms with Crippen LogP contribution in [0.25, 0.3) is 0 Å². The molecule has 0 aliphatic carbocycles. The van der Waals surface area contributed by atoms with Crippen molar-refractivity contribution in [3.8, 4) is 0 Å². The molecule has 4 amide bonds. The Kier molecular flexibility index (Phi) is 6.34. The zero-order chi connectivity index (χ0) is 24.3. The number of aliphatic hydroxyl groups is 1. The summed E-state index contributed by atoms with van der Waals surface area (Å²) in [5, 5.41) is 17.5. The highest BCUT2D eigenvalue weighted by atomic mass is 16.3. The SMILES string of the molecule is Cc1ccc(NC(=O)NC2(CC(=O)Nc3ccc(CO)cc3)C(=O)N(C)c3ccccc32)cc1. The fourth-order valence-electron chi connectivity index (χ4n) is 4.11. The molecule has 3 aromatic rings. The number of anilines is 3. The molecule has 0 bridgehead atoms. The number of carbonyl (C=O) groups is 3. The molecule has 0 spiro atoms. The van der Waals surface area contributed by atoms with Crippen molar-refractivity contribution in [2.24, 2.45) is 0 Å². The molecule has 4 rings (SSSR count). The third-order valence-corrected chi connectivity index (χ3v) is 5.88. The molecule has 34 heavy (non-hydrogen) atoms. The number of amides is 4. The molecular weight excluding hydrogens is 432 g/mol. The zero-order valence-corrected chi connectivity index (χ0v) is 19.0. The summed E-state index contributed by atoms with van der Waals surface area (Å²) >= 11 is 0. The molecule has 0 aromatic heterocycles. The van der Waals surface area contributed by atoms with Crippen molar-refractivity contribution in [2.45, 2.75) is 25.5 Å². The number of nitrogens with one attached hydrogen (secondary N) is 3. The lowest BCUT2D eigenvalue weighted by atomic mass is 9.87. The Morgan fingerprint density at radius 2 is 1.53 bits per heavy atom. The van der Waals surface area contributed by atoms with Crippen molar-refractivity contribution >= 4 is 34.9 Å². The lowest BCUT2D eigenvalue weighted by molar-refractivity contribution is -0.128. The fourth-order valence-corrected chi connectivity index (χ4v) is 4.11. The number of nitrogens with zero attached hydrogens (tertiary/aromatic N) is 1. The standard InChI is InChI=1S/C26H26N4O4/c1-17-7-11-20(12-8-17)28-25(34)29-26(21-5-3-4-6-22(21)30(2)24(26)33)15-23(32)27-19-13-9-18(16-31)10-14-19/h3-14,31H,15-16H2,1-2H3,(H,27,32)(H2,28,29,34). The minimum Gasteiger partial charge on any atom is -0.392 e. The Morgan fingerprint density at radius 1 is 0.912 bits per heavy atom. The van der Waals surface area contributed by atoms with Crippen LogP contribution in [0.4, 0.5) is 21.9 Å². The molecule has 1 heterocycles. The van der Waals surface area contributed by atoms with Crippen LogP contribution in [-0.4, -0.2) is 30.0 Å². The van der Waals surface area contributed by atoms with Gasteiger partial charge in [0.25, 0.3) is 5.91 Å². The van der Waals surface area contributed by atoms with Crippen molar-refractivity contribution in [3.05, 3.63) is 89.5 Å². The second-order valence-corrected chi connectivity index (χ2v) is 8.31. The molecule has 0 fully saturated rings. The summed E-state index contributed by atoms with van der Waals surface area (Å²) in [7, 11) is 1.62. The number of urea groups is 1. The van der Waals surface area contributed by atoms with Crippen molar-refractivity contribution in [2.75, 3.05) is 22.6 Å². The van der Waals surface area contributed by atoms with E-state index in [0.29, 0.717) is 28.2 Å². The summed E-state index contributed by atoms with van der Waals surface area (Å²) in [5.74, 6) is -0.843. The van der Waals surface area contributed by atoms with Crippen LogP contribution in [0, 0.1) is 6.92 Å². The van der Waals surface area contributed by atoms with E-state index in [4.69, 9.17) is 0 Å². The van der Waals surface area contributed by atoms with Crippen LogP contribution in [0.3, 0.4) is 0 Å². The summed E-state index contributed by atoms with van der Waals surface area (Å²) < 4.78 is 0. The minimum absolute atomic E-state index is 0.102. The number of aryl methyl sites for hydroxylation is 1. The molecule has 1 unspecified atom stereocenters. The van der Waals surface area contributed by atoms with Crippen LogP contribution in [0.2, 0.25) is 0 Å². The molecule has 4 N–H and O–H groups in total. The van der Waals surface area contributed by atoms with E-state index in [1.54, 1.807) is 67.7 Å². The van der Waals surface area contributed by atoms with E-state index in [1.165, 1.54) is 4.90 Å². The van der Waals surface area contributed by atoms with Gasteiger partial charge < -0.3 is 26.0 Å². The summed E-state index contributed by atoms with van der Waals surface area (Å²) in [6.45, 7) is 1.84. The molecule has 8 nitrogen and oxygen atoms in total. The quantitative estimate of drug-likeness (QED) is 0.453. The van der Waals surface area contributed by atoms with Gasteiger partial charge >= 0.3 is 6.03 Å². The lowest BCUT2D eigenvalue weighted by Gasteiger charge is -2.29. The van der Waals surface area contributed by atoms with Crippen LogP contribution in [0.5, 0.6) is 0 Å². The normalized spacial score (nSPS) is 16.7. The Hall–Kier alpha value is -4.17. The van der Waals surface area contributed by atoms with Crippen molar-refractivity contribution in [3.63, 3.8) is 0 Å². The number of para-hydroxylation sites is 1. The third-order valence-electron chi connectivity index (χ3n) is 5.88. The fraction of sp³-hybridized carbons (Fsp3) is 0.192. The Morgan fingerprint density at radius 3 is 2.21 bits per heavy atom. The van der Waals surface area contributed by atoms with E-state index in [-0.39, 0.29) is 13.0 Å². The monoisotopic (exact) mass is 458 g/mol. The maximum absolute atomic E-state index is 13.5. The van der Waals surface area contributed by atoms with E-state index in [2.05, 4.69) is 16.0 Å². The molecule has 0 radical (unpaired) electrons. The zero-order valence-electron chi connectivity index (χ0n) is 19.0. The van der Waals surface area contributed by atoms with Crippen molar-refractivity contribution in [1.29, 1.82) is 0 Å². The molecule has 1 aliphatic rings. The van der Waals surface area contributed by atoms with Gasteiger partial charge in [0, 0.05) is 29.7 Å². The number of benzene rings is 3.